The Morgan fingerprint density at radius 3 is 3.00 bits per heavy atom. The zero-order chi connectivity index (χ0) is 15.4. The van der Waals surface area contributed by atoms with E-state index in [1.807, 2.05) is 0 Å². The minimum absolute atomic E-state index is 0.105. The molecule has 22 heavy (non-hydrogen) atoms. The van der Waals surface area contributed by atoms with E-state index in [1.165, 1.54) is 10.6 Å². The summed E-state index contributed by atoms with van der Waals surface area (Å²) in [6.07, 6.45) is 2.66. The van der Waals surface area contributed by atoms with E-state index < -0.39 is 0 Å². The van der Waals surface area contributed by atoms with Crippen molar-refractivity contribution in [1.29, 1.82) is 0 Å². The fourth-order valence-corrected chi connectivity index (χ4v) is 2.41. The second kappa shape index (κ2) is 6.62. The zero-order valence-electron chi connectivity index (χ0n) is 12.2. The first-order valence-electron chi connectivity index (χ1n) is 7.32. The Morgan fingerprint density at radius 2 is 2.23 bits per heavy atom. The van der Waals surface area contributed by atoms with Crippen LogP contribution in [0.15, 0.2) is 45.7 Å². The third kappa shape index (κ3) is 3.46. The summed E-state index contributed by atoms with van der Waals surface area (Å²) in [6, 6.07) is 8.30. The first-order valence-corrected chi connectivity index (χ1v) is 7.32. The molecule has 0 bridgehead atoms. The van der Waals surface area contributed by atoms with Crippen molar-refractivity contribution in [2.45, 2.75) is 13.0 Å². The van der Waals surface area contributed by atoms with Crippen molar-refractivity contribution in [3.8, 4) is 0 Å². The van der Waals surface area contributed by atoms with Gasteiger partial charge in [-0.3, -0.25) is 9.59 Å². The van der Waals surface area contributed by atoms with Gasteiger partial charge >= 0.3 is 0 Å². The number of aromatic nitrogens is 1. The Kier molecular flexibility index (Phi) is 4.39. The van der Waals surface area contributed by atoms with Gasteiger partial charge in [0, 0.05) is 31.3 Å². The molecule has 0 aromatic carbocycles. The highest BCUT2D eigenvalue weighted by molar-refractivity contribution is 5.91. The average molecular weight is 302 g/mol. The molecule has 1 aliphatic rings. The Balaban J connectivity index is 1.59. The van der Waals surface area contributed by atoms with Crippen LogP contribution in [-0.2, 0) is 11.3 Å². The monoisotopic (exact) mass is 302 g/mol. The maximum atomic E-state index is 12.0. The first-order chi connectivity index (χ1) is 10.7. The molecular formula is C16H18N2O4. The summed E-state index contributed by atoms with van der Waals surface area (Å²) in [6.45, 7) is 2.36. The van der Waals surface area contributed by atoms with Crippen molar-refractivity contribution in [2.75, 3.05) is 19.8 Å². The van der Waals surface area contributed by atoms with Gasteiger partial charge in [-0.15, -0.1) is 0 Å². The Labute approximate surface area is 127 Å². The normalized spacial score (nSPS) is 17.5. The third-order valence-electron chi connectivity index (χ3n) is 3.69. The number of amides is 1. The zero-order valence-corrected chi connectivity index (χ0v) is 12.2. The fourth-order valence-electron chi connectivity index (χ4n) is 2.41. The number of ether oxygens (including phenoxy) is 1. The van der Waals surface area contributed by atoms with E-state index >= 15 is 0 Å². The molecule has 1 fully saturated rings. The molecule has 1 N–H and O–H groups in total. The molecule has 3 rings (SSSR count). The number of carbonyl (C=O) groups excluding carboxylic acids is 1. The molecule has 0 aliphatic carbocycles. The Morgan fingerprint density at radius 1 is 1.32 bits per heavy atom. The predicted octanol–water partition coefficient (Wildman–Crippen LogP) is 1.26. The summed E-state index contributed by atoms with van der Waals surface area (Å²) in [5.74, 6) is 0.973. The van der Waals surface area contributed by atoms with E-state index in [2.05, 4.69) is 5.32 Å². The lowest BCUT2D eigenvalue weighted by atomic mass is 10.1. The van der Waals surface area contributed by atoms with Gasteiger partial charge in [-0.25, -0.2) is 0 Å². The lowest BCUT2D eigenvalue weighted by Crippen LogP contribution is -2.29. The molecule has 2 aromatic rings. The number of rotatable bonds is 5. The van der Waals surface area contributed by atoms with Crippen LogP contribution in [0.1, 0.15) is 22.7 Å². The summed E-state index contributed by atoms with van der Waals surface area (Å²) >= 11 is 0. The number of furan rings is 1. The molecule has 0 radical (unpaired) electrons. The van der Waals surface area contributed by atoms with Gasteiger partial charge in [-0.05, 0) is 24.6 Å². The molecule has 6 nitrogen and oxygen atoms in total. The van der Waals surface area contributed by atoms with Gasteiger partial charge < -0.3 is 19.0 Å². The number of hydrogen-bond donors (Lipinski definition) is 1. The van der Waals surface area contributed by atoms with Gasteiger partial charge in [0.25, 0.3) is 11.5 Å². The Bertz CT molecular complexity index is 698. The van der Waals surface area contributed by atoms with Crippen molar-refractivity contribution in [3.05, 3.63) is 58.4 Å². The van der Waals surface area contributed by atoms with Crippen LogP contribution < -0.4 is 10.9 Å². The van der Waals surface area contributed by atoms with Crippen LogP contribution in [0.5, 0.6) is 0 Å². The number of pyridine rings is 1. The van der Waals surface area contributed by atoms with Crippen molar-refractivity contribution < 1.29 is 13.9 Å². The molecule has 3 heterocycles. The van der Waals surface area contributed by atoms with E-state index in [0.29, 0.717) is 31.4 Å². The van der Waals surface area contributed by atoms with E-state index in [1.54, 1.807) is 30.5 Å². The number of hydrogen-bond acceptors (Lipinski definition) is 4. The second-order valence-electron chi connectivity index (χ2n) is 5.37. The predicted molar refractivity (Wildman–Crippen MR) is 79.8 cm³/mol. The summed E-state index contributed by atoms with van der Waals surface area (Å²) in [4.78, 5) is 23.7. The van der Waals surface area contributed by atoms with Gasteiger partial charge in [0.05, 0.1) is 13.2 Å². The van der Waals surface area contributed by atoms with Crippen LogP contribution in [0.2, 0.25) is 0 Å². The molecule has 116 valence electrons. The molecular weight excluding hydrogens is 284 g/mol. The maximum Gasteiger partial charge on any atom is 0.287 e. The third-order valence-corrected chi connectivity index (χ3v) is 3.69. The molecule has 1 saturated heterocycles. The van der Waals surface area contributed by atoms with Crippen molar-refractivity contribution in [2.24, 2.45) is 5.92 Å². The maximum absolute atomic E-state index is 12.0. The van der Waals surface area contributed by atoms with Crippen LogP contribution >= 0.6 is 0 Å². The minimum Gasteiger partial charge on any atom is -0.454 e. The lowest BCUT2D eigenvalue weighted by molar-refractivity contribution is 0.0915. The molecule has 2 aromatic heterocycles. The minimum atomic E-state index is -0.237. The summed E-state index contributed by atoms with van der Waals surface area (Å²) < 4.78 is 12.3. The van der Waals surface area contributed by atoms with Crippen LogP contribution in [0.4, 0.5) is 0 Å². The van der Waals surface area contributed by atoms with E-state index in [-0.39, 0.29) is 17.2 Å². The van der Waals surface area contributed by atoms with E-state index in [4.69, 9.17) is 9.15 Å². The smallest absolute Gasteiger partial charge is 0.287 e. The van der Waals surface area contributed by atoms with Gasteiger partial charge in [0.15, 0.2) is 5.76 Å². The van der Waals surface area contributed by atoms with Crippen molar-refractivity contribution >= 4 is 5.91 Å². The summed E-state index contributed by atoms with van der Waals surface area (Å²) in [5.41, 5.74) is -0.105. The SMILES string of the molecule is O=C(NCC1CCOC1)c1ccc(Cn2ccccc2=O)o1. The van der Waals surface area contributed by atoms with Crippen LogP contribution in [0.25, 0.3) is 0 Å². The van der Waals surface area contributed by atoms with Crippen molar-refractivity contribution in [3.63, 3.8) is 0 Å². The number of nitrogens with zero attached hydrogens (tertiary/aromatic N) is 1. The largest absolute Gasteiger partial charge is 0.454 e. The summed E-state index contributed by atoms with van der Waals surface area (Å²) in [7, 11) is 0. The molecule has 0 saturated carbocycles. The molecule has 1 aliphatic heterocycles. The second-order valence-corrected chi connectivity index (χ2v) is 5.37. The van der Waals surface area contributed by atoms with Crippen LogP contribution in [-0.4, -0.2) is 30.2 Å². The molecule has 1 atom stereocenters. The Hall–Kier alpha value is -2.34. The highest BCUT2D eigenvalue weighted by atomic mass is 16.5. The topological polar surface area (TPSA) is 73.5 Å². The molecule has 6 heteroatoms. The standard InChI is InChI=1S/C16H18N2O4/c19-15-3-1-2-7-18(15)10-13-4-5-14(22-13)16(20)17-9-12-6-8-21-11-12/h1-5,7,12H,6,8-11H2,(H,17,20). The van der Waals surface area contributed by atoms with E-state index in [9.17, 15) is 9.59 Å². The van der Waals surface area contributed by atoms with Crippen LogP contribution in [0.3, 0.4) is 0 Å². The van der Waals surface area contributed by atoms with Crippen molar-refractivity contribution in [1.82, 2.24) is 9.88 Å². The summed E-state index contributed by atoms with van der Waals surface area (Å²) in [5, 5.41) is 2.85. The first kappa shape index (κ1) is 14.6. The fraction of sp³-hybridized carbons (Fsp3) is 0.375. The molecule has 1 amide bonds. The lowest BCUT2D eigenvalue weighted by Gasteiger charge is -2.08. The van der Waals surface area contributed by atoms with Gasteiger partial charge in [0.2, 0.25) is 0 Å². The van der Waals surface area contributed by atoms with Crippen LogP contribution in [0, 0.1) is 5.92 Å². The van der Waals surface area contributed by atoms with E-state index in [0.717, 1.165) is 13.0 Å². The highest BCUT2D eigenvalue weighted by Crippen LogP contribution is 2.12. The number of carbonyl (C=O) groups is 1. The number of nitrogens with one attached hydrogen (secondary N) is 1. The average Bonchev–Trinajstić information content (AvgIpc) is 3.19. The van der Waals surface area contributed by atoms with Gasteiger partial charge in [-0.2, -0.15) is 0 Å². The molecule has 0 spiro atoms. The molecule has 1 unspecified atom stereocenters. The van der Waals surface area contributed by atoms with Gasteiger partial charge in [0.1, 0.15) is 5.76 Å². The quantitative estimate of drug-likeness (QED) is 0.902. The highest BCUT2D eigenvalue weighted by Gasteiger charge is 2.18. The van der Waals surface area contributed by atoms with Gasteiger partial charge in [-0.1, -0.05) is 6.07 Å².